The normalized spacial score (nSPS) is 11.4. The number of fused-ring (bicyclic) bond motifs is 1. The molecule has 0 aliphatic heterocycles. The molecule has 0 saturated carbocycles. The van der Waals surface area contributed by atoms with Gasteiger partial charge in [0.25, 0.3) is 0 Å². The zero-order chi connectivity index (χ0) is 16.7. The van der Waals surface area contributed by atoms with Crippen molar-refractivity contribution in [1.82, 2.24) is 10.3 Å². The van der Waals surface area contributed by atoms with Crippen LogP contribution in [0.2, 0.25) is 0 Å². The number of allylic oxidation sites excluding steroid dienone is 4. The third kappa shape index (κ3) is 4.85. The van der Waals surface area contributed by atoms with Gasteiger partial charge in [-0.1, -0.05) is 25.3 Å². The maximum Gasteiger partial charge on any atom is 0.220 e. The van der Waals surface area contributed by atoms with E-state index in [0.29, 0.717) is 22.7 Å². The minimum absolute atomic E-state index is 0.0243. The second-order valence-electron chi connectivity index (χ2n) is 4.74. The summed E-state index contributed by atoms with van der Waals surface area (Å²) in [5.41, 5.74) is 2.88. The van der Waals surface area contributed by atoms with Gasteiger partial charge >= 0.3 is 0 Å². The highest BCUT2D eigenvalue weighted by atomic mass is 19.1. The fraction of sp³-hybridized carbons (Fsp3) is 0.167. The summed E-state index contributed by atoms with van der Waals surface area (Å²) < 4.78 is 23.0. The summed E-state index contributed by atoms with van der Waals surface area (Å²) in [5.74, 6) is 1.02. The molecule has 0 saturated heterocycles. The van der Waals surface area contributed by atoms with Gasteiger partial charge in [0.15, 0.2) is 5.58 Å². The lowest BCUT2D eigenvalue weighted by atomic mass is 10.2. The highest BCUT2D eigenvalue weighted by molar-refractivity contribution is 5.75. The Labute approximate surface area is 134 Å². The van der Waals surface area contributed by atoms with Crippen molar-refractivity contribution in [1.29, 1.82) is 0 Å². The molecule has 5 heteroatoms. The molecule has 1 heterocycles. The van der Waals surface area contributed by atoms with Gasteiger partial charge in [0.2, 0.25) is 5.89 Å². The topological polar surface area (TPSA) is 47.3 Å². The van der Waals surface area contributed by atoms with Gasteiger partial charge in [-0.15, -0.1) is 0 Å². The third-order valence-corrected chi connectivity index (χ3v) is 2.98. The van der Waals surface area contributed by atoms with E-state index in [1.54, 1.807) is 37.4 Å². The van der Waals surface area contributed by atoms with Crippen LogP contribution in [-0.2, 0) is 0 Å². The molecule has 0 spiro atoms. The van der Waals surface area contributed by atoms with Crippen molar-refractivity contribution >= 4 is 17.2 Å². The number of hydrogen-bond donors (Lipinski definition) is 1. The molecule has 0 bridgehead atoms. The fourth-order valence-electron chi connectivity index (χ4n) is 1.77. The molecule has 0 unspecified atom stereocenters. The number of nitrogens with one attached hydrogen (secondary N) is 1. The summed E-state index contributed by atoms with van der Waals surface area (Å²) in [6, 6.07) is 5.20. The molecule has 0 aliphatic carbocycles. The van der Waals surface area contributed by atoms with E-state index in [1.807, 2.05) is 12.2 Å². The summed E-state index contributed by atoms with van der Waals surface area (Å²) in [4.78, 5) is 4.34. The molecule has 1 aromatic carbocycles. The zero-order valence-corrected chi connectivity index (χ0v) is 13.0. The average Bonchev–Trinajstić information content (AvgIpc) is 2.97. The highest BCUT2D eigenvalue weighted by Crippen LogP contribution is 2.22. The molecule has 0 amide bonds. The number of aromatic nitrogens is 1. The van der Waals surface area contributed by atoms with Gasteiger partial charge in [-0.2, -0.15) is 0 Å². The largest absolute Gasteiger partial charge is 0.491 e. The Balaban J connectivity index is 2.08. The summed E-state index contributed by atoms with van der Waals surface area (Å²) >= 11 is 0. The first-order chi connectivity index (χ1) is 11.1. The van der Waals surface area contributed by atoms with Crippen LogP contribution in [0.5, 0.6) is 5.75 Å². The predicted molar refractivity (Wildman–Crippen MR) is 91.0 cm³/mol. The molecular weight excluding hydrogens is 295 g/mol. The number of likely N-dealkylation sites (N-methyl/N-ethyl adjacent to an activating group) is 1. The third-order valence-electron chi connectivity index (χ3n) is 2.98. The van der Waals surface area contributed by atoms with E-state index < -0.39 is 6.67 Å². The number of ether oxygens (including phenoxy) is 1. The van der Waals surface area contributed by atoms with Gasteiger partial charge in [-0.25, -0.2) is 9.37 Å². The number of halogens is 1. The molecule has 1 N–H and O–H groups in total. The van der Waals surface area contributed by atoms with Gasteiger partial charge in [0, 0.05) is 24.9 Å². The Morgan fingerprint density at radius 2 is 2.17 bits per heavy atom. The predicted octanol–water partition coefficient (Wildman–Crippen LogP) is 4.03. The molecule has 0 radical (unpaired) electrons. The smallest absolute Gasteiger partial charge is 0.220 e. The van der Waals surface area contributed by atoms with Crippen molar-refractivity contribution in [3.8, 4) is 5.75 Å². The van der Waals surface area contributed by atoms with Crippen molar-refractivity contribution in [3.05, 3.63) is 66.7 Å². The molecule has 2 rings (SSSR count). The number of hydrogen-bond acceptors (Lipinski definition) is 4. The summed E-state index contributed by atoms with van der Waals surface area (Å²) in [7, 11) is 1.80. The van der Waals surface area contributed by atoms with Crippen molar-refractivity contribution in [2.24, 2.45) is 0 Å². The SMILES string of the molecule is C=C(/C=C\C(=C)NC)/C=C/c1nc2ccc(OCCF)cc2o1. The molecule has 0 atom stereocenters. The summed E-state index contributed by atoms with van der Waals surface area (Å²) in [6.45, 7) is 7.20. The Morgan fingerprint density at radius 3 is 2.91 bits per heavy atom. The van der Waals surface area contributed by atoms with Crippen molar-refractivity contribution < 1.29 is 13.5 Å². The number of benzene rings is 1. The maximum atomic E-state index is 12.1. The molecule has 4 nitrogen and oxygen atoms in total. The van der Waals surface area contributed by atoms with Gasteiger partial charge in [0.05, 0.1) is 0 Å². The van der Waals surface area contributed by atoms with Gasteiger partial charge in [-0.05, 0) is 23.8 Å². The van der Waals surface area contributed by atoms with Crippen molar-refractivity contribution in [2.45, 2.75) is 0 Å². The van der Waals surface area contributed by atoms with E-state index >= 15 is 0 Å². The Bertz CT molecular complexity index is 759. The van der Waals surface area contributed by atoms with Gasteiger partial charge in [0.1, 0.15) is 24.5 Å². The van der Waals surface area contributed by atoms with Crippen LogP contribution in [0.15, 0.2) is 65.3 Å². The van der Waals surface area contributed by atoms with E-state index in [9.17, 15) is 4.39 Å². The average molecular weight is 314 g/mol. The number of nitrogens with zero attached hydrogens (tertiary/aromatic N) is 1. The zero-order valence-electron chi connectivity index (χ0n) is 13.0. The van der Waals surface area contributed by atoms with E-state index in [-0.39, 0.29) is 6.61 Å². The van der Waals surface area contributed by atoms with Gasteiger partial charge < -0.3 is 14.5 Å². The minimum Gasteiger partial charge on any atom is -0.491 e. The van der Waals surface area contributed by atoms with Gasteiger partial charge in [-0.3, -0.25) is 0 Å². The first kappa shape index (κ1) is 16.5. The fourth-order valence-corrected chi connectivity index (χ4v) is 1.77. The maximum absolute atomic E-state index is 12.1. The highest BCUT2D eigenvalue weighted by Gasteiger charge is 2.05. The minimum atomic E-state index is -0.530. The molecule has 23 heavy (non-hydrogen) atoms. The monoisotopic (exact) mass is 314 g/mol. The number of alkyl halides is 1. The molecule has 0 aliphatic rings. The van der Waals surface area contributed by atoms with Crippen molar-refractivity contribution in [2.75, 3.05) is 20.3 Å². The summed E-state index contributed by atoms with van der Waals surface area (Å²) in [5, 5.41) is 2.92. The van der Waals surface area contributed by atoms with E-state index in [1.165, 1.54) is 0 Å². The number of oxazole rings is 1. The Kier molecular flexibility index (Phi) is 5.74. The second-order valence-corrected chi connectivity index (χ2v) is 4.74. The van der Waals surface area contributed by atoms with Crippen LogP contribution in [0.3, 0.4) is 0 Å². The molecular formula is C18H19FN2O2. The van der Waals surface area contributed by atoms with Crippen LogP contribution in [-0.4, -0.2) is 25.3 Å². The Morgan fingerprint density at radius 1 is 1.35 bits per heavy atom. The quantitative estimate of drug-likeness (QED) is 0.747. The lowest BCUT2D eigenvalue weighted by molar-refractivity contribution is 0.273. The van der Waals surface area contributed by atoms with Crippen LogP contribution < -0.4 is 10.1 Å². The van der Waals surface area contributed by atoms with E-state index in [2.05, 4.69) is 23.5 Å². The van der Waals surface area contributed by atoms with Crippen LogP contribution >= 0.6 is 0 Å². The van der Waals surface area contributed by atoms with Crippen LogP contribution in [0, 0.1) is 0 Å². The number of rotatable bonds is 8. The standard InChI is InChI=1S/C18H19FN2O2/c1-13(4-6-14(2)20-3)5-9-18-21-16-8-7-15(22-11-10-19)12-17(16)23-18/h4-9,12,20H,1-2,10-11H2,3H3/b6-4-,9-5+. The Hall–Kier alpha value is -2.82. The first-order valence-electron chi connectivity index (χ1n) is 7.13. The second kappa shape index (κ2) is 7.98. The lowest BCUT2D eigenvalue weighted by Gasteiger charge is -2.01. The molecule has 2 aromatic rings. The van der Waals surface area contributed by atoms with E-state index in [0.717, 1.165) is 11.3 Å². The first-order valence-corrected chi connectivity index (χ1v) is 7.13. The summed E-state index contributed by atoms with van der Waals surface area (Å²) in [6.07, 6.45) is 7.19. The molecule has 1 aromatic heterocycles. The molecule has 120 valence electrons. The van der Waals surface area contributed by atoms with E-state index in [4.69, 9.17) is 9.15 Å². The van der Waals surface area contributed by atoms with Crippen molar-refractivity contribution in [3.63, 3.8) is 0 Å². The molecule has 0 fully saturated rings. The van der Waals surface area contributed by atoms with Crippen LogP contribution in [0.25, 0.3) is 17.2 Å². The lowest BCUT2D eigenvalue weighted by Crippen LogP contribution is -2.00. The van der Waals surface area contributed by atoms with Crippen LogP contribution in [0.1, 0.15) is 5.89 Å². The van der Waals surface area contributed by atoms with Crippen LogP contribution in [0.4, 0.5) is 4.39 Å².